The minimum atomic E-state index is -0.725. The van der Waals surface area contributed by atoms with Gasteiger partial charge in [0, 0.05) is 5.92 Å². The average molecular weight is 318 g/mol. The highest BCUT2D eigenvalue weighted by Crippen LogP contribution is 2.53. The van der Waals surface area contributed by atoms with Gasteiger partial charge in [-0.1, -0.05) is 55.0 Å². The third kappa shape index (κ3) is 2.29. The van der Waals surface area contributed by atoms with Crippen molar-refractivity contribution in [2.75, 3.05) is 0 Å². The van der Waals surface area contributed by atoms with Crippen LogP contribution < -0.4 is 0 Å². The molecule has 0 radical (unpaired) electrons. The van der Waals surface area contributed by atoms with Gasteiger partial charge >= 0.3 is 5.97 Å². The molecule has 0 fully saturated rings. The highest BCUT2D eigenvalue weighted by Gasteiger charge is 2.36. The lowest BCUT2D eigenvalue weighted by Gasteiger charge is -2.20. The standard InChI is InChI=1S/C22H22O2/c1-2-15-17-9-5-6-10-18(17)22(20(15)13-21(23)24)19-12-11-14-7-3-4-8-16(14)19/h3-7,9-10,22H,2,8,11-13H2,1H3,(H,23,24). The summed E-state index contributed by atoms with van der Waals surface area (Å²) in [4.78, 5) is 11.5. The zero-order valence-electron chi connectivity index (χ0n) is 14.0. The van der Waals surface area contributed by atoms with Crippen molar-refractivity contribution in [2.45, 2.75) is 44.9 Å². The van der Waals surface area contributed by atoms with Crippen LogP contribution in [-0.4, -0.2) is 11.1 Å². The second-order valence-electron chi connectivity index (χ2n) is 6.78. The predicted molar refractivity (Wildman–Crippen MR) is 96.7 cm³/mol. The predicted octanol–water partition coefficient (Wildman–Crippen LogP) is 5.40. The van der Waals surface area contributed by atoms with Gasteiger partial charge in [-0.05, 0) is 59.1 Å². The molecular weight excluding hydrogens is 296 g/mol. The first-order chi connectivity index (χ1) is 11.7. The van der Waals surface area contributed by atoms with Crippen LogP contribution in [0.5, 0.6) is 0 Å². The lowest BCUT2D eigenvalue weighted by atomic mass is 9.83. The van der Waals surface area contributed by atoms with Crippen LogP contribution in [0.4, 0.5) is 0 Å². The molecule has 1 unspecified atom stereocenters. The summed E-state index contributed by atoms with van der Waals surface area (Å²) >= 11 is 0. The number of benzene rings is 1. The van der Waals surface area contributed by atoms with Crippen LogP contribution in [-0.2, 0) is 4.79 Å². The van der Waals surface area contributed by atoms with Gasteiger partial charge in [-0.15, -0.1) is 0 Å². The zero-order valence-corrected chi connectivity index (χ0v) is 14.0. The number of rotatable bonds is 4. The molecular formula is C22H22O2. The lowest BCUT2D eigenvalue weighted by Crippen LogP contribution is -2.08. The van der Waals surface area contributed by atoms with Gasteiger partial charge in [0.1, 0.15) is 0 Å². The molecule has 0 spiro atoms. The van der Waals surface area contributed by atoms with Crippen LogP contribution in [0.2, 0.25) is 0 Å². The Morgan fingerprint density at radius 2 is 2.08 bits per heavy atom. The van der Waals surface area contributed by atoms with E-state index >= 15 is 0 Å². The van der Waals surface area contributed by atoms with Gasteiger partial charge in [0.2, 0.25) is 0 Å². The van der Waals surface area contributed by atoms with Crippen LogP contribution in [0.15, 0.2) is 64.8 Å². The van der Waals surface area contributed by atoms with Gasteiger partial charge in [0.25, 0.3) is 0 Å². The Morgan fingerprint density at radius 3 is 2.88 bits per heavy atom. The number of hydrogen-bond donors (Lipinski definition) is 1. The molecule has 4 rings (SSSR count). The number of carboxylic acids is 1. The maximum absolute atomic E-state index is 11.5. The van der Waals surface area contributed by atoms with Gasteiger partial charge in [0.15, 0.2) is 0 Å². The third-order valence-corrected chi connectivity index (χ3v) is 5.57. The van der Waals surface area contributed by atoms with Crippen molar-refractivity contribution >= 4 is 11.5 Å². The number of carboxylic acid groups (broad SMARTS) is 1. The first kappa shape index (κ1) is 15.2. The molecule has 0 aromatic heterocycles. The Bertz CT molecular complexity index is 833. The number of fused-ring (bicyclic) bond motifs is 2. The maximum Gasteiger partial charge on any atom is 0.307 e. The first-order valence-corrected chi connectivity index (χ1v) is 8.81. The van der Waals surface area contributed by atoms with Gasteiger partial charge < -0.3 is 5.11 Å². The molecule has 0 amide bonds. The minimum absolute atomic E-state index is 0.147. The minimum Gasteiger partial charge on any atom is -0.481 e. The smallest absolute Gasteiger partial charge is 0.307 e. The molecule has 1 aromatic carbocycles. The fourth-order valence-corrected chi connectivity index (χ4v) is 4.66. The van der Waals surface area contributed by atoms with Crippen LogP contribution in [0, 0.1) is 0 Å². The first-order valence-electron chi connectivity index (χ1n) is 8.81. The Morgan fingerprint density at radius 1 is 1.25 bits per heavy atom. The molecule has 2 nitrogen and oxygen atoms in total. The van der Waals surface area contributed by atoms with Crippen LogP contribution in [0.1, 0.15) is 56.1 Å². The fraction of sp³-hybridized carbons (Fsp3) is 0.318. The van der Waals surface area contributed by atoms with Crippen molar-refractivity contribution < 1.29 is 9.90 Å². The van der Waals surface area contributed by atoms with Crippen molar-refractivity contribution in [3.63, 3.8) is 0 Å². The quantitative estimate of drug-likeness (QED) is 0.807. The van der Waals surface area contributed by atoms with Crippen molar-refractivity contribution in [3.05, 3.63) is 75.9 Å². The lowest BCUT2D eigenvalue weighted by molar-refractivity contribution is -0.136. The van der Waals surface area contributed by atoms with E-state index in [9.17, 15) is 9.90 Å². The average Bonchev–Trinajstić information content (AvgIpc) is 3.12. The zero-order chi connectivity index (χ0) is 16.7. The van der Waals surface area contributed by atoms with Crippen molar-refractivity contribution in [1.82, 2.24) is 0 Å². The second kappa shape index (κ2) is 5.94. The Labute approximate surface area is 142 Å². The maximum atomic E-state index is 11.5. The van der Waals surface area contributed by atoms with Crippen LogP contribution >= 0.6 is 0 Å². The molecule has 0 saturated carbocycles. The van der Waals surface area contributed by atoms with E-state index in [1.165, 1.54) is 33.4 Å². The molecule has 0 heterocycles. The Balaban J connectivity index is 1.89. The van der Waals surface area contributed by atoms with E-state index in [1.54, 1.807) is 0 Å². The van der Waals surface area contributed by atoms with E-state index in [2.05, 4.69) is 49.4 Å². The molecule has 2 heteroatoms. The molecule has 0 bridgehead atoms. The highest BCUT2D eigenvalue weighted by atomic mass is 16.4. The molecule has 1 aromatic rings. The molecule has 1 atom stereocenters. The van der Waals surface area contributed by atoms with E-state index in [0.29, 0.717) is 0 Å². The molecule has 0 aliphatic heterocycles. The van der Waals surface area contributed by atoms with Gasteiger partial charge in [-0.3, -0.25) is 4.79 Å². The van der Waals surface area contributed by atoms with E-state index in [4.69, 9.17) is 0 Å². The molecule has 1 N–H and O–H groups in total. The molecule has 0 saturated heterocycles. The monoisotopic (exact) mass is 318 g/mol. The summed E-state index contributed by atoms with van der Waals surface area (Å²) < 4.78 is 0. The van der Waals surface area contributed by atoms with Crippen LogP contribution in [0.25, 0.3) is 5.57 Å². The summed E-state index contributed by atoms with van der Waals surface area (Å²) in [6.45, 7) is 2.14. The normalized spacial score (nSPS) is 21.9. The van der Waals surface area contributed by atoms with Crippen molar-refractivity contribution in [3.8, 4) is 0 Å². The van der Waals surface area contributed by atoms with E-state index < -0.39 is 5.97 Å². The van der Waals surface area contributed by atoms with E-state index in [-0.39, 0.29) is 12.3 Å². The Hall–Kier alpha value is -2.35. The van der Waals surface area contributed by atoms with Crippen LogP contribution in [0.3, 0.4) is 0 Å². The summed E-state index contributed by atoms with van der Waals surface area (Å²) in [5, 5.41) is 9.49. The summed E-state index contributed by atoms with van der Waals surface area (Å²) in [6, 6.07) is 8.50. The molecule has 3 aliphatic rings. The summed E-state index contributed by atoms with van der Waals surface area (Å²) in [5.74, 6) is -0.559. The largest absolute Gasteiger partial charge is 0.481 e. The summed E-state index contributed by atoms with van der Waals surface area (Å²) in [6.07, 6.45) is 10.8. The Kier molecular flexibility index (Phi) is 3.76. The van der Waals surface area contributed by atoms with Gasteiger partial charge in [-0.25, -0.2) is 0 Å². The van der Waals surface area contributed by atoms with Gasteiger partial charge in [0.05, 0.1) is 6.42 Å². The number of hydrogen-bond acceptors (Lipinski definition) is 1. The van der Waals surface area contributed by atoms with Crippen molar-refractivity contribution in [1.29, 1.82) is 0 Å². The highest BCUT2D eigenvalue weighted by molar-refractivity contribution is 5.85. The SMILES string of the molecule is CCC1=C(CC(=O)O)C(C2=C3CC=CC=C3CC2)c2ccccc21. The number of aliphatic carboxylic acids is 1. The third-order valence-electron chi connectivity index (χ3n) is 5.57. The van der Waals surface area contributed by atoms with Crippen molar-refractivity contribution in [2.24, 2.45) is 0 Å². The number of carbonyl (C=O) groups is 1. The summed E-state index contributed by atoms with van der Waals surface area (Å²) in [5.41, 5.74) is 9.29. The molecule has 122 valence electrons. The topological polar surface area (TPSA) is 37.3 Å². The summed E-state index contributed by atoms with van der Waals surface area (Å²) in [7, 11) is 0. The van der Waals surface area contributed by atoms with E-state index in [1.807, 2.05) is 0 Å². The molecule has 3 aliphatic carbocycles. The van der Waals surface area contributed by atoms with E-state index in [0.717, 1.165) is 31.3 Å². The fourth-order valence-electron chi connectivity index (χ4n) is 4.66. The second-order valence-corrected chi connectivity index (χ2v) is 6.78. The molecule has 24 heavy (non-hydrogen) atoms. The number of allylic oxidation sites excluding steroid dienone is 7. The van der Waals surface area contributed by atoms with Gasteiger partial charge in [-0.2, -0.15) is 0 Å².